The van der Waals surface area contributed by atoms with E-state index < -0.39 is 13.6 Å². The summed E-state index contributed by atoms with van der Waals surface area (Å²) in [5, 5.41) is 3.71. The van der Waals surface area contributed by atoms with Gasteiger partial charge in [0.2, 0.25) is 0 Å². The molecule has 110 valence electrons. The Labute approximate surface area is 126 Å². The number of halogens is 1. The lowest BCUT2D eigenvalue weighted by molar-refractivity contribution is 0.218. The van der Waals surface area contributed by atoms with Crippen LogP contribution in [0.15, 0.2) is 33.9 Å². The maximum absolute atomic E-state index is 12.5. The molecule has 0 fully saturated rings. The number of benzene rings is 1. The minimum Gasteiger partial charge on any atom is -0.309 e. The van der Waals surface area contributed by atoms with Crippen molar-refractivity contribution in [3.63, 3.8) is 0 Å². The maximum atomic E-state index is 12.5. The van der Waals surface area contributed by atoms with Crippen LogP contribution < -0.4 is 0 Å². The Morgan fingerprint density at radius 1 is 1.30 bits per heavy atom. The SMILES string of the molecule is CCOP(=O)(CC(N=[N+]=[N-])c1ccc(Br)cc1)OCC. The van der Waals surface area contributed by atoms with Gasteiger partial charge in [0.05, 0.1) is 25.4 Å². The number of hydrogen-bond acceptors (Lipinski definition) is 4. The van der Waals surface area contributed by atoms with Crippen LogP contribution in [0.5, 0.6) is 0 Å². The van der Waals surface area contributed by atoms with E-state index in [1.807, 2.05) is 24.3 Å². The molecule has 0 bridgehead atoms. The number of hydrogen-bond donors (Lipinski definition) is 0. The zero-order valence-corrected chi connectivity index (χ0v) is 13.9. The van der Waals surface area contributed by atoms with Gasteiger partial charge in [-0.05, 0) is 37.1 Å². The van der Waals surface area contributed by atoms with Crippen molar-refractivity contribution in [3.05, 3.63) is 44.7 Å². The molecule has 0 saturated heterocycles. The van der Waals surface area contributed by atoms with Gasteiger partial charge in [0.1, 0.15) is 0 Å². The quantitative estimate of drug-likeness (QED) is 0.280. The predicted molar refractivity (Wildman–Crippen MR) is 81.8 cm³/mol. The van der Waals surface area contributed by atoms with Crippen LogP contribution in [-0.2, 0) is 13.6 Å². The zero-order chi connectivity index (χ0) is 15.0. The first kappa shape index (κ1) is 17.2. The Morgan fingerprint density at radius 3 is 2.30 bits per heavy atom. The van der Waals surface area contributed by atoms with Crippen molar-refractivity contribution < 1.29 is 13.6 Å². The van der Waals surface area contributed by atoms with Crippen molar-refractivity contribution >= 4 is 23.5 Å². The van der Waals surface area contributed by atoms with E-state index in [0.29, 0.717) is 0 Å². The van der Waals surface area contributed by atoms with Crippen LogP contribution in [0.3, 0.4) is 0 Å². The summed E-state index contributed by atoms with van der Waals surface area (Å²) in [6.07, 6.45) is 0.0281. The minimum atomic E-state index is -3.26. The molecule has 0 aliphatic heterocycles. The molecule has 1 aromatic carbocycles. The summed E-state index contributed by atoms with van der Waals surface area (Å²) in [5.41, 5.74) is 9.46. The lowest BCUT2D eigenvalue weighted by Gasteiger charge is -2.20. The minimum absolute atomic E-state index is 0.0281. The van der Waals surface area contributed by atoms with Crippen molar-refractivity contribution in [2.75, 3.05) is 19.4 Å². The molecule has 8 heteroatoms. The van der Waals surface area contributed by atoms with E-state index in [-0.39, 0.29) is 19.4 Å². The van der Waals surface area contributed by atoms with Crippen molar-refractivity contribution in [1.29, 1.82) is 0 Å². The number of rotatable bonds is 8. The molecule has 0 N–H and O–H groups in total. The summed E-state index contributed by atoms with van der Waals surface area (Å²) in [6.45, 7) is 4.04. The van der Waals surface area contributed by atoms with Crippen LogP contribution in [0.25, 0.3) is 10.4 Å². The normalized spacial score (nSPS) is 12.8. The largest absolute Gasteiger partial charge is 0.331 e. The standard InChI is InChI=1S/C12H17BrN3O3P/c1-3-18-20(17,19-4-2)9-12(15-16-14)10-5-7-11(13)8-6-10/h5-8,12H,3-4,9H2,1-2H3. The fourth-order valence-electron chi connectivity index (χ4n) is 1.70. The van der Waals surface area contributed by atoms with Gasteiger partial charge < -0.3 is 9.05 Å². The van der Waals surface area contributed by atoms with Crippen molar-refractivity contribution in [1.82, 2.24) is 0 Å². The van der Waals surface area contributed by atoms with Crippen LogP contribution in [0.1, 0.15) is 25.5 Å². The topological polar surface area (TPSA) is 84.3 Å². The third-order valence-corrected chi connectivity index (χ3v) is 5.12. The molecule has 1 rings (SSSR count). The van der Waals surface area contributed by atoms with Crippen molar-refractivity contribution in [3.8, 4) is 0 Å². The summed E-state index contributed by atoms with van der Waals surface area (Å²) in [4.78, 5) is 2.82. The average Bonchev–Trinajstić information content (AvgIpc) is 2.39. The Morgan fingerprint density at radius 2 is 1.85 bits per heavy atom. The van der Waals surface area contributed by atoms with Gasteiger partial charge in [-0.3, -0.25) is 4.57 Å². The highest BCUT2D eigenvalue weighted by Crippen LogP contribution is 2.51. The molecule has 20 heavy (non-hydrogen) atoms. The summed E-state index contributed by atoms with van der Waals surface area (Å²) < 4.78 is 23.9. The van der Waals surface area contributed by atoms with Crippen molar-refractivity contribution in [2.45, 2.75) is 19.9 Å². The highest BCUT2D eigenvalue weighted by Gasteiger charge is 2.28. The van der Waals surface area contributed by atoms with Gasteiger partial charge in [-0.25, -0.2) is 0 Å². The molecule has 0 saturated carbocycles. The molecular formula is C12H17BrN3O3P. The van der Waals surface area contributed by atoms with E-state index in [1.165, 1.54) is 0 Å². The average molecular weight is 362 g/mol. The Kier molecular flexibility index (Phi) is 7.27. The molecule has 1 atom stereocenters. The molecule has 1 unspecified atom stereocenters. The Balaban J connectivity index is 2.99. The van der Waals surface area contributed by atoms with E-state index in [9.17, 15) is 4.57 Å². The van der Waals surface area contributed by atoms with Crippen LogP contribution in [0.4, 0.5) is 0 Å². The zero-order valence-electron chi connectivity index (χ0n) is 11.4. The highest BCUT2D eigenvalue weighted by molar-refractivity contribution is 9.10. The van der Waals surface area contributed by atoms with Gasteiger partial charge in [-0.2, -0.15) is 0 Å². The van der Waals surface area contributed by atoms with E-state index >= 15 is 0 Å². The van der Waals surface area contributed by atoms with Crippen LogP contribution >= 0.6 is 23.5 Å². The molecule has 0 amide bonds. The number of nitrogens with zero attached hydrogens (tertiary/aromatic N) is 3. The molecule has 0 radical (unpaired) electrons. The highest BCUT2D eigenvalue weighted by atomic mass is 79.9. The van der Waals surface area contributed by atoms with Crippen LogP contribution in [0, 0.1) is 0 Å². The van der Waals surface area contributed by atoms with E-state index in [0.717, 1.165) is 10.0 Å². The molecule has 1 aromatic rings. The lowest BCUT2D eigenvalue weighted by Crippen LogP contribution is -2.07. The lowest BCUT2D eigenvalue weighted by atomic mass is 10.1. The Hall–Kier alpha value is -0.840. The Bertz CT molecular complexity index is 507. The van der Waals surface area contributed by atoms with Crippen LogP contribution in [-0.4, -0.2) is 19.4 Å². The second kappa shape index (κ2) is 8.45. The van der Waals surface area contributed by atoms with Crippen molar-refractivity contribution in [2.24, 2.45) is 5.11 Å². The third-order valence-electron chi connectivity index (χ3n) is 2.49. The molecule has 0 aromatic heterocycles. The van der Waals surface area contributed by atoms with Gasteiger partial charge in [-0.15, -0.1) is 0 Å². The van der Waals surface area contributed by atoms with Gasteiger partial charge >= 0.3 is 7.60 Å². The molecule has 0 aliphatic rings. The fourth-order valence-corrected chi connectivity index (χ4v) is 3.75. The van der Waals surface area contributed by atoms with E-state index in [1.54, 1.807) is 13.8 Å². The summed E-state index contributed by atoms with van der Waals surface area (Å²) >= 11 is 3.34. The third kappa shape index (κ3) is 5.27. The van der Waals surface area contributed by atoms with E-state index in [2.05, 4.69) is 26.0 Å². The van der Waals surface area contributed by atoms with Gasteiger partial charge in [0, 0.05) is 9.38 Å². The van der Waals surface area contributed by atoms with Gasteiger partial charge in [0.15, 0.2) is 0 Å². The maximum Gasteiger partial charge on any atom is 0.331 e. The van der Waals surface area contributed by atoms with Gasteiger partial charge in [-0.1, -0.05) is 33.2 Å². The molecule has 6 nitrogen and oxygen atoms in total. The van der Waals surface area contributed by atoms with Gasteiger partial charge in [0.25, 0.3) is 0 Å². The second-order valence-electron chi connectivity index (χ2n) is 3.90. The van der Waals surface area contributed by atoms with Crippen LogP contribution in [0.2, 0.25) is 0 Å². The summed E-state index contributed by atoms with van der Waals surface area (Å²) in [5.74, 6) is 0. The van der Waals surface area contributed by atoms with E-state index in [4.69, 9.17) is 14.6 Å². The first-order chi connectivity index (χ1) is 9.54. The summed E-state index contributed by atoms with van der Waals surface area (Å²) in [6, 6.07) is 6.71. The predicted octanol–water partition coefficient (Wildman–Crippen LogP) is 5.07. The number of azide groups is 1. The molecule has 0 heterocycles. The smallest absolute Gasteiger partial charge is 0.309 e. The molecule has 0 spiro atoms. The fraction of sp³-hybridized carbons (Fsp3) is 0.500. The molecule has 0 aliphatic carbocycles. The monoisotopic (exact) mass is 361 g/mol. The second-order valence-corrected chi connectivity index (χ2v) is 6.92. The summed E-state index contributed by atoms with van der Waals surface area (Å²) in [7, 11) is -3.26. The molecular weight excluding hydrogens is 345 g/mol. The first-order valence-corrected chi connectivity index (χ1v) is 8.74. The first-order valence-electron chi connectivity index (χ1n) is 6.22.